The van der Waals surface area contributed by atoms with Crippen molar-refractivity contribution >= 4 is 23.7 Å². The monoisotopic (exact) mass is 440 g/mol. The SMILES string of the molecule is CC(C)(C)OC(=O)[N+]1(C)CC2(CCN(c3nccc(Nc4cc(C5CC5)[nH]n4)n3)CC2)C1. The summed E-state index contributed by atoms with van der Waals surface area (Å²) in [5, 5.41) is 10.8. The minimum atomic E-state index is -0.448. The van der Waals surface area contributed by atoms with Crippen molar-refractivity contribution in [3.8, 4) is 0 Å². The summed E-state index contributed by atoms with van der Waals surface area (Å²) < 4.78 is 6.01. The highest BCUT2D eigenvalue weighted by Crippen LogP contribution is 2.45. The Morgan fingerprint density at radius 2 is 1.97 bits per heavy atom. The first-order valence-corrected chi connectivity index (χ1v) is 11.6. The van der Waals surface area contributed by atoms with Crippen molar-refractivity contribution < 1.29 is 14.0 Å². The van der Waals surface area contributed by atoms with E-state index in [-0.39, 0.29) is 11.5 Å². The number of hydrogen-bond donors (Lipinski definition) is 2. The number of carbonyl (C=O) groups is 1. The van der Waals surface area contributed by atoms with Gasteiger partial charge in [-0.15, -0.1) is 0 Å². The summed E-state index contributed by atoms with van der Waals surface area (Å²) in [4.78, 5) is 24.1. The first-order valence-electron chi connectivity index (χ1n) is 11.6. The first-order chi connectivity index (χ1) is 15.1. The van der Waals surface area contributed by atoms with Crippen LogP contribution in [0, 0.1) is 5.41 Å². The Morgan fingerprint density at radius 3 is 2.62 bits per heavy atom. The number of quaternary nitrogens is 1. The summed E-state index contributed by atoms with van der Waals surface area (Å²) in [6, 6.07) is 3.94. The fourth-order valence-electron chi connectivity index (χ4n) is 5.14. The van der Waals surface area contributed by atoms with E-state index >= 15 is 0 Å². The predicted octanol–water partition coefficient (Wildman–Crippen LogP) is 3.80. The molecule has 0 radical (unpaired) electrons. The van der Waals surface area contributed by atoms with E-state index in [1.54, 1.807) is 6.20 Å². The van der Waals surface area contributed by atoms with Crippen LogP contribution in [0.15, 0.2) is 18.3 Å². The molecule has 9 heteroatoms. The third kappa shape index (κ3) is 4.30. The van der Waals surface area contributed by atoms with Gasteiger partial charge in [0.1, 0.15) is 11.4 Å². The molecular weight excluding hydrogens is 406 g/mol. The number of nitrogens with one attached hydrogen (secondary N) is 2. The maximum atomic E-state index is 12.6. The van der Waals surface area contributed by atoms with Crippen LogP contribution in [-0.4, -0.2) is 69.6 Å². The highest BCUT2D eigenvalue weighted by molar-refractivity contribution is 5.61. The molecule has 0 aromatic carbocycles. The van der Waals surface area contributed by atoms with Crippen LogP contribution in [0.5, 0.6) is 0 Å². The summed E-state index contributed by atoms with van der Waals surface area (Å²) in [7, 11) is 1.99. The summed E-state index contributed by atoms with van der Waals surface area (Å²) in [6.07, 6.45) is 6.24. The Balaban J connectivity index is 1.17. The molecule has 9 nitrogen and oxygen atoms in total. The summed E-state index contributed by atoms with van der Waals surface area (Å²) in [5.74, 6) is 2.93. The molecule has 1 amide bonds. The van der Waals surface area contributed by atoms with Crippen LogP contribution in [0.25, 0.3) is 0 Å². The average molecular weight is 441 g/mol. The van der Waals surface area contributed by atoms with Crippen LogP contribution in [0.1, 0.15) is 58.1 Å². The van der Waals surface area contributed by atoms with Crippen LogP contribution in [0.2, 0.25) is 0 Å². The van der Waals surface area contributed by atoms with Crippen LogP contribution in [0.4, 0.5) is 22.4 Å². The molecule has 2 aromatic rings. The minimum absolute atomic E-state index is 0.115. The van der Waals surface area contributed by atoms with Crippen molar-refractivity contribution in [1.29, 1.82) is 0 Å². The summed E-state index contributed by atoms with van der Waals surface area (Å²) in [6.45, 7) is 9.25. The van der Waals surface area contributed by atoms with E-state index in [0.29, 0.717) is 10.4 Å². The van der Waals surface area contributed by atoms with Gasteiger partial charge in [-0.25, -0.2) is 9.47 Å². The minimum Gasteiger partial charge on any atom is -0.414 e. The molecule has 2 aromatic heterocycles. The van der Waals surface area contributed by atoms with E-state index in [1.807, 2.05) is 33.9 Å². The molecule has 2 saturated heterocycles. The lowest BCUT2D eigenvalue weighted by molar-refractivity contribution is -0.903. The Labute approximate surface area is 189 Å². The topological polar surface area (TPSA) is 96.0 Å². The highest BCUT2D eigenvalue weighted by Gasteiger charge is 2.59. The molecule has 5 rings (SSSR count). The maximum absolute atomic E-state index is 12.6. The van der Waals surface area contributed by atoms with Crippen LogP contribution in [0.3, 0.4) is 0 Å². The number of rotatable bonds is 4. The van der Waals surface area contributed by atoms with Gasteiger partial charge in [-0.1, -0.05) is 0 Å². The molecule has 3 aliphatic rings. The van der Waals surface area contributed by atoms with Gasteiger partial charge in [0.15, 0.2) is 5.82 Å². The van der Waals surface area contributed by atoms with Gasteiger partial charge in [-0.05, 0) is 52.5 Å². The second-order valence-electron chi connectivity index (χ2n) is 11.0. The molecule has 1 aliphatic carbocycles. The van der Waals surface area contributed by atoms with Crippen molar-refractivity contribution in [1.82, 2.24) is 20.2 Å². The molecule has 2 aliphatic heterocycles. The molecule has 0 unspecified atom stereocenters. The van der Waals surface area contributed by atoms with E-state index in [2.05, 4.69) is 31.5 Å². The van der Waals surface area contributed by atoms with Crippen LogP contribution < -0.4 is 10.2 Å². The Bertz CT molecular complexity index is 992. The summed E-state index contributed by atoms with van der Waals surface area (Å²) in [5.41, 5.74) is 0.961. The number of anilines is 3. The predicted molar refractivity (Wildman–Crippen MR) is 122 cm³/mol. The number of aromatic amines is 1. The van der Waals surface area contributed by atoms with Gasteiger partial charge in [0.25, 0.3) is 0 Å². The maximum Gasteiger partial charge on any atom is 0.516 e. The van der Waals surface area contributed by atoms with E-state index in [4.69, 9.17) is 9.72 Å². The quantitative estimate of drug-likeness (QED) is 0.698. The van der Waals surface area contributed by atoms with Crippen molar-refractivity contribution in [3.63, 3.8) is 0 Å². The van der Waals surface area contributed by atoms with Crippen LogP contribution >= 0.6 is 0 Å². The van der Waals surface area contributed by atoms with E-state index < -0.39 is 5.60 Å². The fraction of sp³-hybridized carbons (Fsp3) is 0.652. The van der Waals surface area contributed by atoms with E-state index in [0.717, 1.165) is 56.6 Å². The molecule has 0 atom stereocenters. The molecule has 4 heterocycles. The molecule has 172 valence electrons. The molecule has 3 fully saturated rings. The molecule has 1 saturated carbocycles. The number of piperidine rings is 1. The Kier molecular flexibility index (Phi) is 4.92. The number of carbonyl (C=O) groups excluding carboxylic acids is 1. The normalized spacial score (nSPS) is 21.8. The van der Waals surface area contributed by atoms with E-state index in [1.165, 1.54) is 18.5 Å². The van der Waals surface area contributed by atoms with Gasteiger partial charge < -0.3 is 15.0 Å². The number of H-pyrrole nitrogens is 1. The number of likely N-dealkylation sites (tertiary alicyclic amines) is 1. The zero-order chi connectivity index (χ0) is 22.6. The second kappa shape index (κ2) is 7.43. The van der Waals surface area contributed by atoms with Crippen LogP contribution in [-0.2, 0) is 4.74 Å². The molecule has 32 heavy (non-hydrogen) atoms. The van der Waals surface area contributed by atoms with Crippen molar-refractivity contribution in [2.75, 3.05) is 43.4 Å². The van der Waals surface area contributed by atoms with Gasteiger partial charge in [-0.2, -0.15) is 14.9 Å². The van der Waals surface area contributed by atoms with Crippen molar-refractivity contribution in [3.05, 3.63) is 24.0 Å². The molecule has 2 N–H and O–H groups in total. The fourth-order valence-corrected chi connectivity index (χ4v) is 5.14. The zero-order valence-corrected chi connectivity index (χ0v) is 19.5. The van der Waals surface area contributed by atoms with Gasteiger partial charge in [0, 0.05) is 37.0 Å². The van der Waals surface area contributed by atoms with E-state index in [9.17, 15) is 4.79 Å². The Morgan fingerprint density at radius 1 is 1.25 bits per heavy atom. The number of nitrogens with zero attached hydrogens (tertiary/aromatic N) is 5. The summed E-state index contributed by atoms with van der Waals surface area (Å²) >= 11 is 0. The smallest absolute Gasteiger partial charge is 0.414 e. The Hall–Kier alpha value is -2.68. The van der Waals surface area contributed by atoms with Gasteiger partial charge in [0.2, 0.25) is 5.95 Å². The zero-order valence-electron chi connectivity index (χ0n) is 19.5. The largest absolute Gasteiger partial charge is 0.516 e. The number of amides is 1. The van der Waals surface area contributed by atoms with Crippen molar-refractivity contribution in [2.24, 2.45) is 5.41 Å². The second-order valence-corrected chi connectivity index (χ2v) is 11.0. The lowest BCUT2D eigenvalue weighted by atomic mass is 9.70. The third-order valence-corrected chi connectivity index (χ3v) is 6.82. The molecule has 0 bridgehead atoms. The lowest BCUT2D eigenvalue weighted by Crippen LogP contribution is -2.72. The average Bonchev–Trinajstić information content (AvgIpc) is 3.46. The number of ether oxygens (including phenoxy) is 1. The van der Waals surface area contributed by atoms with Gasteiger partial charge in [0.05, 0.1) is 25.6 Å². The number of hydrogen-bond acceptors (Lipinski definition) is 7. The third-order valence-electron chi connectivity index (χ3n) is 6.82. The molecular formula is C23H34N7O2+. The lowest BCUT2D eigenvalue weighted by Gasteiger charge is -2.55. The van der Waals surface area contributed by atoms with Crippen molar-refractivity contribution in [2.45, 2.75) is 58.0 Å². The molecule has 1 spiro atoms. The first kappa shape index (κ1) is 21.2. The number of aromatic nitrogens is 4. The highest BCUT2D eigenvalue weighted by atomic mass is 16.6. The standard InChI is InChI=1S/C23H34N7O2/c1-22(2,3)32-21(31)30(4)14-23(15-30)8-11-29(12-9-23)20-24-10-7-18(26-20)25-19-13-17(27-28-19)16-5-6-16/h7,10,13,16H,5-6,8-9,11-12,14-15H2,1-4H3,(H2,24,25,26,27,28)/q+1. The van der Waals surface area contributed by atoms with Gasteiger partial charge in [-0.3, -0.25) is 5.10 Å². The van der Waals surface area contributed by atoms with Gasteiger partial charge >= 0.3 is 6.09 Å².